The summed E-state index contributed by atoms with van der Waals surface area (Å²) < 4.78 is 5.50. The fraction of sp³-hybridized carbons (Fsp3) is 0.160. The maximum atomic E-state index is 13.5. The molecular formula is C25H24N2O4. The molecule has 0 saturated carbocycles. The molecule has 158 valence electrons. The van der Waals surface area contributed by atoms with E-state index < -0.39 is 23.5 Å². The summed E-state index contributed by atoms with van der Waals surface area (Å²) in [6, 6.07) is 25.3. The first-order valence-electron chi connectivity index (χ1n) is 9.85. The molecule has 0 saturated heterocycles. The van der Waals surface area contributed by atoms with Crippen LogP contribution in [0.1, 0.15) is 41.5 Å². The molecular weight excluding hydrogens is 392 g/mol. The quantitative estimate of drug-likeness (QED) is 0.542. The number of ether oxygens (including phenoxy) is 1. The summed E-state index contributed by atoms with van der Waals surface area (Å²) in [5, 5.41) is 1.81. The fourth-order valence-electron chi connectivity index (χ4n) is 2.86. The molecule has 0 aliphatic heterocycles. The largest absolute Gasteiger partial charge is 0.442 e. The van der Waals surface area contributed by atoms with E-state index >= 15 is 0 Å². The maximum absolute atomic E-state index is 13.5. The van der Waals surface area contributed by atoms with E-state index in [1.54, 1.807) is 112 Å². The second-order valence-electron chi connectivity index (χ2n) is 7.78. The molecule has 6 heteroatoms. The van der Waals surface area contributed by atoms with Crippen molar-refractivity contribution in [2.45, 2.75) is 26.4 Å². The molecule has 0 N–H and O–H groups in total. The van der Waals surface area contributed by atoms with Gasteiger partial charge in [-0.15, -0.1) is 5.01 Å². The predicted octanol–water partition coefficient (Wildman–Crippen LogP) is 5.33. The van der Waals surface area contributed by atoms with Gasteiger partial charge in [-0.2, -0.15) is 0 Å². The zero-order chi connectivity index (χ0) is 22.4. The number of nitrogens with zero attached hydrogens (tertiary/aromatic N) is 2. The average Bonchev–Trinajstić information content (AvgIpc) is 2.77. The lowest BCUT2D eigenvalue weighted by Crippen LogP contribution is -2.54. The third-order valence-corrected chi connectivity index (χ3v) is 4.19. The van der Waals surface area contributed by atoms with Gasteiger partial charge in [-0.3, -0.25) is 9.59 Å². The predicted molar refractivity (Wildman–Crippen MR) is 119 cm³/mol. The van der Waals surface area contributed by atoms with E-state index in [4.69, 9.17) is 4.74 Å². The summed E-state index contributed by atoms with van der Waals surface area (Å²) in [5.41, 5.74) is 0.0483. The number of benzene rings is 3. The number of hydrogen-bond donors (Lipinski definition) is 0. The summed E-state index contributed by atoms with van der Waals surface area (Å²) in [5.74, 6) is -1.22. The van der Waals surface area contributed by atoms with Gasteiger partial charge in [-0.1, -0.05) is 54.6 Å². The van der Waals surface area contributed by atoms with E-state index in [0.29, 0.717) is 11.3 Å². The van der Waals surface area contributed by atoms with Gasteiger partial charge >= 0.3 is 6.09 Å². The molecule has 0 aromatic heterocycles. The van der Waals surface area contributed by atoms with Crippen LogP contribution in [-0.4, -0.2) is 28.5 Å². The highest BCUT2D eigenvalue weighted by molar-refractivity contribution is 6.13. The number of imide groups is 1. The van der Waals surface area contributed by atoms with E-state index in [1.165, 1.54) is 0 Å². The van der Waals surface area contributed by atoms with E-state index in [0.717, 1.165) is 10.0 Å². The molecule has 0 aliphatic rings. The van der Waals surface area contributed by atoms with Crippen molar-refractivity contribution in [3.05, 3.63) is 102 Å². The van der Waals surface area contributed by atoms with Crippen molar-refractivity contribution in [3.63, 3.8) is 0 Å². The smallest absolute Gasteiger partial charge is 0.437 e. The first-order chi connectivity index (χ1) is 14.8. The Morgan fingerprint density at radius 1 is 0.645 bits per heavy atom. The van der Waals surface area contributed by atoms with Crippen molar-refractivity contribution in [3.8, 4) is 0 Å². The maximum Gasteiger partial charge on any atom is 0.437 e. The number of amides is 3. The van der Waals surface area contributed by atoms with Crippen LogP contribution in [0.2, 0.25) is 0 Å². The van der Waals surface area contributed by atoms with Gasteiger partial charge in [0, 0.05) is 11.1 Å². The van der Waals surface area contributed by atoms with Gasteiger partial charge in [0.25, 0.3) is 11.8 Å². The Morgan fingerprint density at radius 3 is 1.52 bits per heavy atom. The summed E-state index contributed by atoms with van der Waals surface area (Å²) in [7, 11) is 0. The van der Waals surface area contributed by atoms with E-state index in [9.17, 15) is 14.4 Å². The first kappa shape index (κ1) is 21.8. The van der Waals surface area contributed by atoms with Crippen LogP contribution in [0.15, 0.2) is 91.0 Å². The van der Waals surface area contributed by atoms with Gasteiger partial charge in [0.05, 0.1) is 5.69 Å². The minimum Gasteiger partial charge on any atom is -0.442 e. The lowest BCUT2D eigenvalue weighted by Gasteiger charge is -2.34. The Hall–Kier alpha value is -3.93. The molecule has 0 aliphatic carbocycles. The van der Waals surface area contributed by atoms with Gasteiger partial charge in [-0.25, -0.2) is 9.80 Å². The second-order valence-corrected chi connectivity index (χ2v) is 7.78. The van der Waals surface area contributed by atoms with Gasteiger partial charge in [0.2, 0.25) is 0 Å². The highest BCUT2D eigenvalue weighted by atomic mass is 16.6. The van der Waals surface area contributed by atoms with Crippen LogP contribution in [0.5, 0.6) is 0 Å². The number of hydrogen-bond acceptors (Lipinski definition) is 4. The van der Waals surface area contributed by atoms with Crippen LogP contribution < -0.4 is 5.01 Å². The van der Waals surface area contributed by atoms with Crippen molar-refractivity contribution in [2.75, 3.05) is 5.01 Å². The molecule has 3 aromatic carbocycles. The zero-order valence-corrected chi connectivity index (χ0v) is 17.7. The molecule has 0 radical (unpaired) electrons. The molecule has 0 heterocycles. The normalized spacial score (nSPS) is 10.8. The SMILES string of the molecule is CC(C)(C)OC(=O)N(C(=O)c1ccccc1)N(C(=O)c1ccccc1)c1ccccc1. The van der Waals surface area contributed by atoms with Crippen molar-refractivity contribution >= 4 is 23.6 Å². The van der Waals surface area contributed by atoms with Crippen LogP contribution in [0.4, 0.5) is 10.5 Å². The van der Waals surface area contributed by atoms with Crippen LogP contribution in [0, 0.1) is 0 Å². The molecule has 0 spiro atoms. The minimum atomic E-state index is -0.950. The van der Waals surface area contributed by atoms with Gasteiger partial charge in [0.1, 0.15) is 5.60 Å². The number of carbonyl (C=O) groups is 3. The Morgan fingerprint density at radius 2 is 1.06 bits per heavy atom. The lowest BCUT2D eigenvalue weighted by molar-refractivity contribution is 0.0211. The molecule has 0 unspecified atom stereocenters. The second kappa shape index (κ2) is 9.26. The third-order valence-electron chi connectivity index (χ3n) is 4.19. The van der Waals surface area contributed by atoms with E-state index in [-0.39, 0.29) is 5.56 Å². The molecule has 3 amide bonds. The van der Waals surface area contributed by atoms with Crippen molar-refractivity contribution < 1.29 is 19.1 Å². The first-order valence-corrected chi connectivity index (χ1v) is 9.85. The van der Waals surface area contributed by atoms with Gasteiger partial charge in [0.15, 0.2) is 0 Å². The van der Waals surface area contributed by atoms with Gasteiger partial charge in [-0.05, 0) is 57.2 Å². The highest BCUT2D eigenvalue weighted by Crippen LogP contribution is 2.24. The minimum absolute atomic E-state index is 0.246. The molecule has 0 bridgehead atoms. The van der Waals surface area contributed by atoms with E-state index in [2.05, 4.69) is 0 Å². The third kappa shape index (κ3) is 5.36. The highest BCUT2D eigenvalue weighted by Gasteiger charge is 2.37. The zero-order valence-electron chi connectivity index (χ0n) is 17.7. The van der Waals surface area contributed by atoms with Gasteiger partial charge < -0.3 is 4.74 Å². The van der Waals surface area contributed by atoms with Crippen molar-refractivity contribution in [1.82, 2.24) is 5.01 Å². The van der Waals surface area contributed by atoms with Crippen LogP contribution in [-0.2, 0) is 4.74 Å². The van der Waals surface area contributed by atoms with Crippen LogP contribution in [0.3, 0.4) is 0 Å². The summed E-state index contributed by atoms with van der Waals surface area (Å²) in [4.78, 5) is 40.2. The Kier molecular flexibility index (Phi) is 6.50. The lowest BCUT2D eigenvalue weighted by atomic mass is 10.2. The number of para-hydroxylation sites is 1. The number of rotatable bonds is 3. The topological polar surface area (TPSA) is 66.9 Å². The molecule has 3 aromatic rings. The molecule has 0 atom stereocenters. The van der Waals surface area contributed by atoms with Crippen LogP contribution >= 0.6 is 0 Å². The van der Waals surface area contributed by atoms with Crippen LogP contribution in [0.25, 0.3) is 0 Å². The average molecular weight is 416 g/mol. The Bertz CT molecular complexity index is 1050. The Labute approximate surface area is 181 Å². The molecule has 0 fully saturated rings. The van der Waals surface area contributed by atoms with E-state index in [1.807, 2.05) is 0 Å². The number of anilines is 1. The molecule has 31 heavy (non-hydrogen) atoms. The summed E-state index contributed by atoms with van der Waals surface area (Å²) >= 11 is 0. The molecule has 3 rings (SSSR count). The summed E-state index contributed by atoms with van der Waals surface area (Å²) in [6.45, 7) is 5.09. The summed E-state index contributed by atoms with van der Waals surface area (Å²) in [6.07, 6.45) is -0.950. The Balaban J connectivity index is 2.15. The molecule has 6 nitrogen and oxygen atoms in total. The monoisotopic (exact) mass is 416 g/mol. The van der Waals surface area contributed by atoms with Crippen molar-refractivity contribution in [1.29, 1.82) is 0 Å². The standard InChI is InChI=1S/C25H24N2O4/c1-25(2,3)31-24(30)27(23(29)20-15-9-5-10-16-20)26(21-17-11-6-12-18-21)22(28)19-13-7-4-8-14-19/h4-18H,1-3H3. The van der Waals surface area contributed by atoms with Crippen molar-refractivity contribution in [2.24, 2.45) is 0 Å². The fourth-order valence-corrected chi connectivity index (χ4v) is 2.86. The number of hydrazine groups is 1. The number of carbonyl (C=O) groups excluding carboxylic acids is 3.